The van der Waals surface area contributed by atoms with E-state index in [4.69, 9.17) is 46.9 Å². The lowest BCUT2D eigenvalue weighted by Crippen LogP contribution is -2.36. The summed E-state index contributed by atoms with van der Waals surface area (Å²) in [5.41, 5.74) is 6.95. The molecule has 72 heavy (non-hydrogen) atoms. The standard InChI is InChI=1S/C32H31ClFNO5.C26H21ClFNO3/c1-20-4-7-29(34)23(12-20)15-24(36)14-22-5-6-25(16-28(22)33)40-31-8-9-35-30-17-32(21(2)13-27(30)31)39-11-3-10-38-26-18-37-19-26;1-15-3-6-23(28)18(9-15)12-19(30)11-17-4-5-20(13-22(17)27)32-26-7-8-29-24-14-25(31)16(2)10-21(24)26/h4-9,12-13,16-17,26H,3,10-11,14-15,18-19H2,1-2H3;3-10,13-14,31H,11-12H2,1-2H3. The van der Waals surface area contributed by atoms with Gasteiger partial charge >= 0.3 is 0 Å². The Bertz CT molecular complexity index is 3290. The molecule has 2 aromatic heterocycles. The summed E-state index contributed by atoms with van der Waals surface area (Å²) in [5.74, 6) is 2.19. The molecule has 370 valence electrons. The number of pyridine rings is 2. The Morgan fingerprint density at radius 1 is 0.597 bits per heavy atom. The Morgan fingerprint density at radius 2 is 1.10 bits per heavy atom. The zero-order valence-electron chi connectivity index (χ0n) is 40.2. The van der Waals surface area contributed by atoms with Gasteiger partial charge in [-0.2, -0.15) is 0 Å². The molecule has 8 aromatic rings. The fourth-order valence-corrected chi connectivity index (χ4v) is 8.51. The molecule has 9 rings (SSSR count). The third kappa shape index (κ3) is 13.3. The number of halogens is 4. The van der Waals surface area contributed by atoms with Crippen LogP contribution in [0, 0.1) is 39.3 Å². The zero-order valence-corrected chi connectivity index (χ0v) is 41.7. The molecule has 1 aliphatic heterocycles. The average Bonchev–Trinajstić information content (AvgIpc) is 3.32. The number of aryl methyl sites for hydroxylation is 4. The Morgan fingerprint density at radius 3 is 1.60 bits per heavy atom. The number of aromatic hydroxyl groups is 1. The van der Waals surface area contributed by atoms with E-state index in [2.05, 4.69) is 9.97 Å². The normalized spacial score (nSPS) is 12.3. The van der Waals surface area contributed by atoms with Gasteiger partial charge in [0, 0.05) is 77.4 Å². The van der Waals surface area contributed by atoms with E-state index in [0.29, 0.717) is 92.8 Å². The summed E-state index contributed by atoms with van der Waals surface area (Å²) < 4.78 is 57.0. The first-order valence-electron chi connectivity index (χ1n) is 23.4. The first kappa shape index (κ1) is 51.4. The first-order chi connectivity index (χ1) is 34.6. The quantitative estimate of drug-likeness (QED) is 0.0830. The van der Waals surface area contributed by atoms with Gasteiger partial charge in [0.1, 0.15) is 63.8 Å². The van der Waals surface area contributed by atoms with Crippen LogP contribution in [0.1, 0.15) is 50.9 Å². The van der Waals surface area contributed by atoms with Crippen LogP contribution in [0.25, 0.3) is 21.8 Å². The highest BCUT2D eigenvalue weighted by atomic mass is 35.5. The van der Waals surface area contributed by atoms with Gasteiger partial charge < -0.3 is 28.8 Å². The molecule has 0 spiro atoms. The maximum atomic E-state index is 14.1. The number of fused-ring (bicyclic) bond motifs is 2. The van der Waals surface area contributed by atoms with Crippen LogP contribution < -0.4 is 14.2 Å². The Hall–Kier alpha value is -6.96. The van der Waals surface area contributed by atoms with Crippen molar-refractivity contribution >= 4 is 56.6 Å². The zero-order chi connectivity index (χ0) is 50.9. The third-order valence-corrected chi connectivity index (χ3v) is 12.7. The number of hydrogen-bond acceptors (Lipinski definition) is 10. The second-order valence-electron chi connectivity index (χ2n) is 17.8. The topological polar surface area (TPSA) is 126 Å². The third-order valence-electron chi connectivity index (χ3n) is 12.0. The molecule has 0 atom stereocenters. The number of carbonyl (C=O) groups is 2. The molecule has 0 unspecified atom stereocenters. The molecule has 10 nitrogen and oxygen atoms in total. The van der Waals surface area contributed by atoms with E-state index < -0.39 is 0 Å². The molecule has 1 aliphatic rings. The van der Waals surface area contributed by atoms with Gasteiger partial charge in [0.05, 0.1) is 37.5 Å². The second kappa shape index (κ2) is 23.5. The van der Waals surface area contributed by atoms with Crippen LogP contribution in [-0.4, -0.2) is 59.2 Å². The molecule has 0 amide bonds. The van der Waals surface area contributed by atoms with Crippen molar-refractivity contribution < 1.29 is 47.2 Å². The fraction of sp³-hybridized carbons (Fsp3) is 0.241. The predicted molar refractivity (Wildman–Crippen MR) is 275 cm³/mol. The molecule has 1 saturated heterocycles. The van der Waals surface area contributed by atoms with Crippen LogP contribution in [0.5, 0.6) is 34.5 Å². The largest absolute Gasteiger partial charge is 0.508 e. The highest BCUT2D eigenvalue weighted by Gasteiger charge is 2.19. The minimum Gasteiger partial charge on any atom is -0.508 e. The van der Waals surface area contributed by atoms with Gasteiger partial charge in [0.25, 0.3) is 0 Å². The number of hydrogen-bond donors (Lipinski definition) is 1. The number of benzene rings is 6. The minimum absolute atomic E-state index is 0.0112. The summed E-state index contributed by atoms with van der Waals surface area (Å²) in [6.45, 7) is 10.0. The Balaban J connectivity index is 0.000000197. The van der Waals surface area contributed by atoms with Crippen LogP contribution in [0.15, 0.2) is 122 Å². The molecule has 1 fully saturated rings. The SMILES string of the molecule is Cc1ccc(F)c(CC(=O)Cc2ccc(Oc3ccnc4cc(O)c(C)cc34)cc2Cl)c1.Cc1ccc(F)c(CC(=O)Cc2ccc(Oc3ccnc4cc(OCCCOC5COC5)c(C)cc34)cc2Cl)c1. The van der Waals surface area contributed by atoms with E-state index in [1.807, 2.05) is 39.0 Å². The lowest BCUT2D eigenvalue weighted by molar-refractivity contribution is -0.130. The second-order valence-corrected chi connectivity index (χ2v) is 18.6. The van der Waals surface area contributed by atoms with Crippen molar-refractivity contribution in [3.63, 3.8) is 0 Å². The lowest BCUT2D eigenvalue weighted by Gasteiger charge is -2.25. The Labute approximate surface area is 426 Å². The number of nitrogens with zero attached hydrogens (tertiary/aromatic N) is 2. The van der Waals surface area contributed by atoms with Gasteiger partial charge in [-0.3, -0.25) is 19.6 Å². The predicted octanol–water partition coefficient (Wildman–Crippen LogP) is 13.5. The van der Waals surface area contributed by atoms with Crippen molar-refractivity contribution in [2.45, 2.75) is 65.9 Å². The maximum absolute atomic E-state index is 14.1. The summed E-state index contributed by atoms with van der Waals surface area (Å²) in [6, 6.07) is 30.7. The summed E-state index contributed by atoms with van der Waals surface area (Å²) in [4.78, 5) is 33.9. The van der Waals surface area contributed by atoms with Gasteiger partial charge in [-0.15, -0.1) is 0 Å². The van der Waals surface area contributed by atoms with Crippen LogP contribution in [-0.2, 0) is 44.7 Å². The van der Waals surface area contributed by atoms with Crippen molar-refractivity contribution in [3.8, 4) is 34.5 Å². The van der Waals surface area contributed by atoms with Gasteiger partial charge in [0.15, 0.2) is 0 Å². The number of carbonyl (C=O) groups excluding carboxylic acids is 2. The maximum Gasteiger partial charge on any atom is 0.141 e. The molecule has 0 radical (unpaired) electrons. The molecule has 0 bridgehead atoms. The number of phenols is 1. The summed E-state index contributed by atoms with van der Waals surface area (Å²) >= 11 is 12.9. The van der Waals surface area contributed by atoms with Crippen LogP contribution in [0.4, 0.5) is 8.78 Å². The summed E-state index contributed by atoms with van der Waals surface area (Å²) in [5, 5.41) is 12.3. The minimum atomic E-state index is -0.382. The molecule has 0 aliphatic carbocycles. The van der Waals surface area contributed by atoms with Gasteiger partial charge in [0.2, 0.25) is 0 Å². The average molecular weight is 1010 g/mol. The summed E-state index contributed by atoms with van der Waals surface area (Å²) in [7, 11) is 0. The number of ketones is 2. The molecule has 0 saturated carbocycles. The van der Waals surface area contributed by atoms with Crippen molar-refractivity contribution in [2.24, 2.45) is 0 Å². The molecular formula is C58H52Cl2F2N2O8. The highest BCUT2D eigenvalue weighted by Crippen LogP contribution is 2.36. The number of Topliss-reactive ketones (excluding diaryl/α,β-unsaturated/α-hetero) is 2. The Kier molecular flexibility index (Phi) is 16.8. The van der Waals surface area contributed by atoms with Crippen molar-refractivity contribution in [2.75, 3.05) is 26.4 Å². The number of aromatic nitrogens is 2. The van der Waals surface area contributed by atoms with E-state index >= 15 is 0 Å². The number of phenolic OH excluding ortho intramolecular Hbond substituents is 1. The van der Waals surface area contributed by atoms with E-state index in [1.54, 1.807) is 98.2 Å². The molecule has 3 heterocycles. The highest BCUT2D eigenvalue weighted by molar-refractivity contribution is 6.32. The van der Waals surface area contributed by atoms with Crippen molar-refractivity contribution in [1.29, 1.82) is 0 Å². The lowest BCUT2D eigenvalue weighted by atomic mass is 10.0. The molecule has 1 N–H and O–H groups in total. The molecule has 14 heteroatoms. The fourth-order valence-electron chi connectivity index (χ4n) is 8.03. The van der Waals surface area contributed by atoms with E-state index in [1.165, 1.54) is 12.1 Å². The van der Waals surface area contributed by atoms with Crippen molar-refractivity contribution in [1.82, 2.24) is 9.97 Å². The van der Waals surface area contributed by atoms with Crippen LogP contribution in [0.2, 0.25) is 10.0 Å². The van der Waals surface area contributed by atoms with Crippen LogP contribution >= 0.6 is 23.2 Å². The van der Waals surface area contributed by atoms with Crippen molar-refractivity contribution in [3.05, 3.63) is 188 Å². The number of rotatable bonds is 18. The van der Waals surface area contributed by atoms with E-state index in [9.17, 15) is 23.5 Å². The van der Waals surface area contributed by atoms with Gasteiger partial charge in [-0.05, 0) is 122 Å². The monoisotopic (exact) mass is 1010 g/mol. The smallest absolute Gasteiger partial charge is 0.141 e. The van der Waals surface area contributed by atoms with Gasteiger partial charge in [-0.1, -0.05) is 70.7 Å². The number of ether oxygens (including phenoxy) is 5. The summed E-state index contributed by atoms with van der Waals surface area (Å²) in [6.07, 6.45) is 4.52. The van der Waals surface area contributed by atoms with E-state index in [0.717, 1.165) is 45.1 Å². The van der Waals surface area contributed by atoms with Crippen LogP contribution in [0.3, 0.4) is 0 Å². The first-order valence-corrected chi connectivity index (χ1v) is 24.2. The van der Waals surface area contributed by atoms with E-state index in [-0.39, 0.29) is 60.7 Å². The molecule has 6 aromatic carbocycles. The van der Waals surface area contributed by atoms with Gasteiger partial charge in [-0.25, -0.2) is 8.78 Å². The molecular weight excluding hydrogens is 962 g/mol.